The van der Waals surface area contributed by atoms with Gasteiger partial charge < -0.3 is 14.3 Å². The standard InChI is InChI=1S/C22H21NO4/c1-4-8-18-11-17(12-19-15(2)23-27-22(19)24)13-20(25-3)21(18)26-14-16-9-6-5-7-10-16/h4-7,9-13H,1,8,14H2,2-3H3/b19-12-. The molecule has 2 aromatic carbocycles. The van der Waals surface area contributed by atoms with Crippen LogP contribution in [0.25, 0.3) is 6.08 Å². The van der Waals surface area contributed by atoms with Crippen LogP contribution in [0.1, 0.15) is 23.6 Å². The third-order valence-electron chi connectivity index (χ3n) is 4.15. The molecule has 0 spiro atoms. The van der Waals surface area contributed by atoms with Gasteiger partial charge in [0.1, 0.15) is 6.61 Å². The number of nitrogens with zero attached hydrogens (tertiary/aromatic N) is 1. The van der Waals surface area contributed by atoms with Crippen LogP contribution >= 0.6 is 0 Å². The predicted molar refractivity (Wildman–Crippen MR) is 105 cm³/mol. The van der Waals surface area contributed by atoms with Crippen molar-refractivity contribution in [2.75, 3.05) is 7.11 Å². The number of oxime groups is 1. The van der Waals surface area contributed by atoms with E-state index in [4.69, 9.17) is 14.3 Å². The highest BCUT2D eigenvalue weighted by Gasteiger charge is 2.22. The number of methoxy groups -OCH3 is 1. The van der Waals surface area contributed by atoms with Gasteiger partial charge in [-0.15, -0.1) is 6.58 Å². The summed E-state index contributed by atoms with van der Waals surface area (Å²) in [6, 6.07) is 13.7. The van der Waals surface area contributed by atoms with Gasteiger partial charge in [0.2, 0.25) is 0 Å². The molecule has 0 radical (unpaired) electrons. The van der Waals surface area contributed by atoms with Crippen LogP contribution in [0.2, 0.25) is 0 Å². The lowest BCUT2D eigenvalue weighted by molar-refractivity contribution is -0.136. The van der Waals surface area contributed by atoms with Gasteiger partial charge in [-0.2, -0.15) is 0 Å². The average Bonchev–Trinajstić information content (AvgIpc) is 3.00. The minimum Gasteiger partial charge on any atom is -0.493 e. The SMILES string of the molecule is C=CCc1cc(/C=C2\C(=O)ON=C2C)cc(OC)c1OCc1ccccc1. The van der Waals surface area contributed by atoms with Crippen LogP contribution in [0.5, 0.6) is 11.5 Å². The monoisotopic (exact) mass is 363 g/mol. The van der Waals surface area contributed by atoms with Gasteiger partial charge >= 0.3 is 5.97 Å². The fourth-order valence-corrected chi connectivity index (χ4v) is 2.81. The van der Waals surface area contributed by atoms with Gasteiger partial charge in [0.05, 0.1) is 18.4 Å². The molecule has 1 aliphatic rings. The summed E-state index contributed by atoms with van der Waals surface area (Å²) >= 11 is 0. The number of carbonyl (C=O) groups is 1. The van der Waals surface area contributed by atoms with Crippen LogP contribution in [0.15, 0.2) is 65.8 Å². The van der Waals surface area contributed by atoms with Crippen molar-refractivity contribution in [3.63, 3.8) is 0 Å². The summed E-state index contributed by atoms with van der Waals surface area (Å²) < 4.78 is 11.6. The van der Waals surface area contributed by atoms with Gasteiger partial charge in [0.25, 0.3) is 0 Å². The Bertz CT molecular complexity index is 913. The summed E-state index contributed by atoms with van der Waals surface area (Å²) in [5.41, 5.74) is 3.77. The molecule has 0 bridgehead atoms. The molecular formula is C22H21NO4. The van der Waals surface area contributed by atoms with Gasteiger partial charge in [-0.1, -0.05) is 41.6 Å². The minimum atomic E-state index is -0.457. The number of hydrogen-bond acceptors (Lipinski definition) is 5. The fourth-order valence-electron chi connectivity index (χ4n) is 2.81. The Kier molecular flexibility index (Phi) is 5.71. The van der Waals surface area contributed by atoms with Crippen molar-refractivity contribution in [2.24, 2.45) is 5.16 Å². The number of carbonyl (C=O) groups excluding carboxylic acids is 1. The first kappa shape index (κ1) is 18.5. The smallest absolute Gasteiger partial charge is 0.367 e. The van der Waals surface area contributed by atoms with E-state index >= 15 is 0 Å². The van der Waals surface area contributed by atoms with Crippen molar-refractivity contribution < 1.29 is 19.1 Å². The van der Waals surface area contributed by atoms with E-state index in [1.165, 1.54) is 0 Å². The summed E-state index contributed by atoms with van der Waals surface area (Å²) in [7, 11) is 1.59. The van der Waals surface area contributed by atoms with Gasteiger partial charge in [0, 0.05) is 5.56 Å². The lowest BCUT2D eigenvalue weighted by Crippen LogP contribution is -2.03. The molecule has 0 saturated heterocycles. The molecule has 0 N–H and O–H groups in total. The Morgan fingerprint density at radius 3 is 2.63 bits per heavy atom. The highest BCUT2D eigenvalue weighted by Crippen LogP contribution is 2.35. The van der Waals surface area contributed by atoms with E-state index in [1.54, 1.807) is 26.2 Å². The molecule has 0 fully saturated rings. The van der Waals surface area contributed by atoms with Crippen LogP contribution in [-0.2, 0) is 22.7 Å². The first-order valence-corrected chi connectivity index (χ1v) is 8.59. The van der Waals surface area contributed by atoms with Gasteiger partial charge in [-0.05, 0) is 42.7 Å². The molecule has 5 nitrogen and oxygen atoms in total. The Balaban J connectivity index is 1.96. The molecule has 0 amide bonds. The van der Waals surface area contributed by atoms with E-state index in [1.807, 2.05) is 42.5 Å². The molecule has 5 heteroatoms. The molecule has 2 aromatic rings. The molecular weight excluding hydrogens is 342 g/mol. The topological polar surface area (TPSA) is 57.1 Å². The second kappa shape index (κ2) is 8.36. The van der Waals surface area contributed by atoms with Crippen LogP contribution < -0.4 is 9.47 Å². The number of ether oxygens (including phenoxy) is 2. The Morgan fingerprint density at radius 1 is 1.22 bits per heavy atom. The maximum atomic E-state index is 11.8. The normalized spacial score (nSPS) is 14.7. The number of allylic oxidation sites excluding steroid dienone is 1. The van der Waals surface area contributed by atoms with Crippen LogP contribution in [0.3, 0.4) is 0 Å². The quantitative estimate of drug-likeness (QED) is 0.418. The van der Waals surface area contributed by atoms with E-state index < -0.39 is 5.97 Å². The van der Waals surface area contributed by atoms with Crippen molar-refractivity contribution in [1.29, 1.82) is 0 Å². The Hall–Kier alpha value is -3.34. The van der Waals surface area contributed by atoms with Gasteiger partial charge in [-0.25, -0.2) is 4.79 Å². The third kappa shape index (κ3) is 4.26. The van der Waals surface area contributed by atoms with E-state index in [-0.39, 0.29) is 0 Å². The Morgan fingerprint density at radius 2 is 2.00 bits per heavy atom. The third-order valence-corrected chi connectivity index (χ3v) is 4.15. The average molecular weight is 363 g/mol. The van der Waals surface area contributed by atoms with E-state index in [2.05, 4.69) is 11.7 Å². The lowest BCUT2D eigenvalue weighted by Gasteiger charge is -2.16. The van der Waals surface area contributed by atoms with Crippen molar-refractivity contribution in [3.8, 4) is 11.5 Å². The summed E-state index contributed by atoms with van der Waals surface area (Å²) in [4.78, 5) is 16.5. The zero-order chi connectivity index (χ0) is 19.2. The maximum absolute atomic E-state index is 11.8. The van der Waals surface area contributed by atoms with Crippen molar-refractivity contribution in [3.05, 3.63) is 77.4 Å². The zero-order valence-electron chi connectivity index (χ0n) is 15.4. The van der Waals surface area contributed by atoms with Crippen molar-refractivity contribution >= 4 is 17.8 Å². The fraction of sp³-hybridized carbons (Fsp3) is 0.182. The van der Waals surface area contributed by atoms with E-state index in [9.17, 15) is 4.79 Å². The molecule has 0 saturated carbocycles. The van der Waals surface area contributed by atoms with Crippen molar-refractivity contribution in [2.45, 2.75) is 20.0 Å². The number of rotatable bonds is 7. The van der Waals surface area contributed by atoms with Crippen LogP contribution in [-0.4, -0.2) is 18.8 Å². The molecule has 138 valence electrons. The minimum absolute atomic E-state index is 0.430. The summed E-state index contributed by atoms with van der Waals surface area (Å²) in [5, 5.41) is 3.70. The first-order valence-electron chi connectivity index (χ1n) is 8.59. The molecule has 0 aromatic heterocycles. The second-order valence-electron chi connectivity index (χ2n) is 6.09. The highest BCUT2D eigenvalue weighted by atomic mass is 16.7. The van der Waals surface area contributed by atoms with Crippen LogP contribution in [0, 0.1) is 0 Å². The summed E-state index contributed by atoms with van der Waals surface area (Å²) in [5.74, 6) is 0.807. The zero-order valence-corrected chi connectivity index (χ0v) is 15.4. The van der Waals surface area contributed by atoms with Crippen LogP contribution in [0.4, 0.5) is 0 Å². The molecule has 1 aliphatic heterocycles. The van der Waals surface area contributed by atoms with Crippen molar-refractivity contribution in [1.82, 2.24) is 0 Å². The predicted octanol–water partition coefficient (Wildman–Crippen LogP) is 4.32. The first-order chi connectivity index (χ1) is 13.1. The number of benzene rings is 2. The largest absolute Gasteiger partial charge is 0.493 e. The molecule has 0 aliphatic carbocycles. The van der Waals surface area contributed by atoms with Gasteiger partial charge in [0.15, 0.2) is 11.5 Å². The lowest BCUT2D eigenvalue weighted by atomic mass is 10.0. The van der Waals surface area contributed by atoms with E-state index in [0.29, 0.717) is 35.8 Å². The molecule has 27 heavy (non-hydrogen) atoms. The summed E-state index contributed by atoms with van der Waals surface area (Å²) in [6.45, 7) is 5.99. The molecule has 1 heterocycles. The number of hydrogen-bond donors (Lipinski definition) is 0. The molecule has 0 atom stereocenters. The molecule has 0 unspecified atom stereocenters. The molecule has 3 rings (SSSR count). The maximum Gasteiger partial charge on any atom is 0.367 e. The summed E-state index contributed by atoms with van der Waals surface area (Å²) in [6.07, 6.45) is 4.15. The highest BCUT2D eigenvalue weighted by molar-refractivity contribution is 6.24. The Labute approximate surface area is 158 Å². The second-order valence-corrected chi connectivity index (χ2v) is 6.09. The van der Waals surface area contributed by atoms with E-state index in [0.717, 1.165) is 16.7 Å². The van der Waals surface area contributed by atoms with Gasteiger partial charge in [-0.3, -0.25) is 0 Å².